The van der Waals surface area contributed by atoms with Gasteiger partial charge < -0.3 is 14.6 Å². The minimum absolute atomic E-state index is 0.0874. The highest BCUT2D eigenvalue weighted by molar-refractivity contribution is 7.99. The van der Waals surface area contributed by atoms with Gasteiger partial charge in [-0.1, -0.05) is 0 Å². The summed E-state index contributed by atoms with van der Waals surface area (Å²) >= 11 is 2.00. The lowest BCUT2D eigenvalue weighted by molar-refractivity contribution is -0.119. The maximum atomic E-state index is 10.6. The van der Waals surface area contributed by atoms with E-state index in [1.807, 2.05) is 11.8 Å². The molecular formula is C14H24O3S. The third kappa shape index (κ3) is 2.72. The summed E-state index contributed by atoms with van der Waals surface area (Å²) in [6.07, 6.45) is 5.28. The van der Waals surface area contributed by atoms with Gasteiger partial charge in [0.25, 0.3) is 0 Å². The van der Waals surface area contributed by atoms with Crippen LogP contribution in [-0.4, -0.2) is 48.1 Å². The van der Waals surface area contributed by atoms with Crippen molar-refractivity contribution in [3.63, 3.8) is 0 Å². The number of aliphatic hydroxyl groups is 1. The number of ether oxygens (including phenoxy) is 2. The van der Waals surface area contributed by atoms with Crippen LogP contribution in [0.3, 0.4) is 0 Å². The lowest BCUT2D eigenvalue weighted by Gasteiger charge is -2.41. The van der Waals surface area contributed by atoms with Crippen LogP contribution in [0.15, 0.2) is 0 Å². The zero-order chi connectivity index (χ0) is 12.4. The first-order valence-electron chi connectivity index (χ1n) is 7.27. The largest absolute Gasteiger partial charge is 0.392 e. The molecule has 0 amide bonds. The summed E-state index contributed by atoms with van der Waals surface area (Å²) in [6.45, 7) is 2.45. The van der Waals surface area contributed by atoms with Crippen molar-refractivity contribution < 1.29 is 14.6 Å². The molecule has 3 saturated heterocycles. The molecule has 0 aromatic heterocycles. The Hall–Kier alpha value is 0.230. The van der Waals surface area contributed by atoms with E-state index in [4.69, 9.17) is 9.47 Å². The molecule has 4 atom stereocenters. The van der Waals surface area contributed by atoms with Gasteiger partial charge in [0.05, 0.1) is 18.3 Å². The molecular weight excluding hydrogens is 248 g/mol. The van der Waals surface area contributed by atoms with Crippen molar-refractivity contribution in [2.45, 2.75) is 43.8 Å². The molecule has 3 aliphatic rings. The van der Waals surface area contributed by atoms with Crippen LogP contribution >= 0.6 is 11.8 Å². The predicted molar refractivity (Wildman–Crippen MR) is 72.9 cm³/mol. The standard InChI is InChI=1S/C14H24O3S/c15-13(12-2-1-5-16-9-12)11-3-6-17-14(8-11)4-7-18-10-14/h11-13,15H,1-10H2. The van der Waals surface area contributed by atoms with Gasteiger partial charge in [-0.15, -0.1) is 0 Å². The Bertz CT molecular complexity index is 272. The van der Waals surface area contributed by atoms with Gasteiger partial charge in [0.2, 0.25) is 0 Å². The summed E-state index contributed by atoms with van der Waals surface area (Å²) in [5.41, 5.74) is 0.0874. The van der Waals surface area contributed by atoms with E-state index in [1.165, 1.54) is 12.2 Å². The summed E-state index contributed by atoms with van der Waals surface area (Å²) < 4.78 is 11.5. The summed E-state index contributed by atoms with van der Waals surface area (Å²) in [6, 6.07) is 0. The van der Waals surface area contributed by atoms with Crippen molar-refractivity contribution in [1.82, 2.24) is 0 Å². The second-order valence-corrected chi connectivity index (χ2v) is 7.16. The van der Waals surface area contributed by atoms with E-state index >= 15 is 0 Å². The van der Waals surface area contributed by atoms with Crippen LogP contribution in [-0.2, 0) is 9.47 Å². The summed E-state index contributed by atoms with van der Waals surface area (Å²) in [7, 11) is 0. The first-order valence-corrected chi connectivity index (χ1v) is 8.42. The minimum atomic E-state index is -0.184. The molecule has 0 bridgehead atoms. The van der Waals surface area contributed by atoms with Crippen molar-refractivity contribution in [3.05, 3.63) is 0 Å². The smallest absolute Gasteiger partial charge is 0.0783 e. The lowest BCUT2D eigenvalue weighted by atomic mass is 9.77. The van der Waals surface area contributed by atoms with Gasteiger partial charge in [0.1, 0.15) is 0 Å². The highest BCUT2D eigenvalue weighted by atomic mass is 32.2. The Balaban J connectivity index is 1.60. The van der Waals surface area contributed by atoms with E-state index in [1.54, 1.807) is 0 Å². The first kappa shape index (κ1) is 13.2. The van der Waals surface area contributed by atoms with Gasteiger partial charge in [0, 0.05) is 24.9 Å². The molecule has 4 unspecified atom stereocenters. The molecule has 0 aliphatic carbocycles. The Morgan fingerprint density at radius 3 is 2.89 bits per heavy atom. The van der Waals surface area contributed by atoms with Crippen molar-refractivity contribution in [2.75, 3.05) is 31.3 Å². The number of rotatable bonds is 2. The van der Waals surface area contributed by atoms with Gasteiger partial charge in [-0.05, 0) is 43.8 Å². The van der Waals surface area contributed by atoms with E-state index < -0.39 is 0 Å². The van der Waals surface area contributed by atoms with Crippen LogP contribution in [0.4, 0.5) is 0 Å². The highest BCUT2D eigenvalue weighted by Gasteiger charge is 2.43. The van der Waals surface area contributed by atoms with Crippen molar-refractivity contribution in [2.24, 2.45) is 11.8 Å². The monoisotopic (exact) mass is 272 g/mol. The molecule has 0 saturated carbocycles. The Labute approximate surface area is 114 Å². The maximum Gasteiger partial charge on any atom is 0.0783 e. The number of thioether (sulfide) groups is 1. The van der Waals surface area contributed by atoms with Crippen LogP contribution in [0.1, 0.15) is 32.1 Å². The van der Waals surface area contributed by atoms with E-state index in [9.17, 15) is 5.11 Å². The zero-order valence-electron chi connectivity index (χ0n) is 11.0. The molecule has 4 heteroatoms. The summed E-state index contributed by atoms with van der Waals surface area (Å²) in [4.78, 5) is 0. The van der Waals surface area contributed by atoms with E-state index in [0.29, 0.717) is 11.8 Å². The molecule has 0 aromatic rings. The van der Waals surface area contributed by atoms with E-state index in [2.05, 4.69) is 0 Å². The molecule has 1 N–H and O–H groups in total. The van der Waals surface area contributed by atoms with Gasteiger partial charge >= 0.3 is 0 Å². The van der Waals surface area contributed by atoms with E-state index in [-0.39, 0.29) is 11.7 Å². The average molecular weight is 272 g/mol. The average Bonchev–Trinajstić information content (AvgIpc) is 2.87. The summed E-state index contributed by atoms with van der Waals surface area (Å²) in [5, 5.41) is 10.6. The Kier molecular flexibility index (Phi) is 4.18. The van der Waals surface area contributed by atoms with Crippen LogP contribution < -0.4 is 0 Å². The molecule has 18 heavy (non-hydrogen) atoms. The fourth-order valence-electron chi connectivity index (χ4n) is 3.64. The van der Waals surface area contributed by atoms with Crippen LogP contribution in [0.2, 0.25) is 0 Å². The minimum Gasteiger partial charge on any atom is -0.392 e. The van der Waals surface area contributed by atoms with Crippen LogP contribution in [0, 0.1) is 11.8 Å². The zero-order valence-corrected chi connectivity index (χ0v) is 11.8. The second-order valence-electron chi connectivity index (χ2n) is 6.05. The molecule has 3 heterocycles. The SMILES string of the molecule is OC(C1CCCOC1)C1CCOC2(CCSC2)C1. The second kappa shape index (κ2) is 5.70. The van der Waals surface area contributed by atoms with Gasteiger partial charge in [-0.2, -0.15) is 11.8 Å². The molecule has 3 aliphatic heterocycles. The summed E-state index contributed by atoms with van der Waals surface area (Å²) in [5.74, 6) is 3.12. The first-order chi connectivity index (χ1) is 8.79. The fraction of sp³-hybridized carbons (Fsp3) is 1.00. The van der Waals surface area contributed by atoms with Crippen molar-refractivity contribution >= 4 is 11.8 Å². The molecule has 3 fully saturated rings. The molecule has 0 aromatic carbocycles. The fourth-order valence-corrected chi connectivity index (χ4v) is 5.02. The predicted octanol–water partition coefficient (Wildman–Crippen LogP) is 2.08. The Morgan fingerprint density at radius 2 is 2.17 bits per heavy atom. The van der Waals surface area contributed by atoms with E-state index in [0.717, 1.165) is 51.3 Å². The normalized spacial score (nSPS) is 43.2. The van der Waals surface area contributed by atoms with Gasteiger partial charge in [0.15, 0.2) is 0 Å². The maximum absolute atomic E-state index is 10.6. The molecule has 1 spiro atoms. The van der Waals surface area contributed by atoms with Crippen molar-refractivity contribution in [1.29, 1.82) is 0 Å². The van der Waals surface area contributed by atoms with Crippen LogP contribution in [0.5, 0.6) is 0 Å². The quantitative estimate of drug-likeness (QED) is 0.835. The number of hydrogen-bond donors (Lipinski definition) is 1. The number of aliphatic hydroxyl groups excluding tert-OH is 1. The molecule has 3 nitrogen and oxygen atoms in total. The number of hydrogen-bond acceptors (Lipinski definition) is 4. The van der Waals surface area contributed by atoms with Crippen LogP contribution in [0.25, 0.3) is 0 Å². The van der Waals surface area contributed by atoms with Gasteiger partial charge in [-0.3, -0.25) is 0 Å². The Morgan fingerprint density at radius 1 is 1.22 bits per heavy atom. The van der Waals surface area contributed by atoms with Crippen molar-refractivity contribution in [3.8, 4) is 0 Å². The molecule has 3 rings (SSSR count). The topological polar surface area (TPSA) is 38.7 Å². The lowest BCUT2D eigenvalue weighted by Crippen LogP contribution is -2.46. The molecule has 104 valence electrons. The van der Waals surface area contributed by atoms with Gasteiger partial charge in [-0.25, -0.2) is 0 Å². The third-order valence-electron chi connectivity index (χ3n) is 4.76. The third-order valence-corrected chi connectivity index (χ3v) is 5.98. The molecule has 0 radical (unpaired) electrons. The highest BCUT2D eigenvalue weighted by Crippen LogP contribution is 2.42.